The lowest BCUT2D eigenvalue weighted by Gasteiger charge is -2.24. The normalized spacial score (nSPS) is 11.2. The molecule has 0 unspecified atom stereocenters. The summed E-state index contributed by atoms with van der Waals surface area (Å²) in [6.07, 6.45) is 0. The van der Waals surface area contributed by atoms with E-state index < -0.39 is 8.07 Å². The van der Waals surface area contributed by atoms with Crippen molar-refractivity contribution in [3.63, 3.8) is 0 Å². The zero-order valence-corrected chi connectivity index (χ0v) is 14.0. The number of anilines is 1. The summed E-state index contributed by atoms with van der Waals surface area (Å²) in [7, 11) is -1.10. The van der Waals surface area contributed by atoms with Crippen LogP contribution in [0.5, 0.6) is 0 Å². The molecule has 1 rings (SSSR count). The number of hydrogen-bond acceptors (Lipinski definition) is 2. The van der Waals surface area contributed by atoms with Crippen LogP contribution in [-0.2, 0) is 9.53 Å². The molecule has 1 amide bonds. The number of amides is 1. The molecule has 0 aliphatic heterocycles. The predicted molar refractivity (Wildman–Crippen MR) is 87.7 cm³/mol. The lowest BCUT2D eigenvalue weighted by molar-refractivity contribution is -0.116. The SMILES string of the molecule is C=C(C)C(=O)N(COCC[Si](C)(C)C)c1ccccc1. The van der Waals surface area contributed by atoms with Crippen LogP contribution in [0.25, 0.3) is 0 Å². The van der Waals surface area contributed by atoms with Crippen molar-refractivity contribution < 1.29 is 9.53 Å². The molecule has 110 valence electrons. The molecule has 0 aliphatic carbocycles. The average Bonchev–Trinajstić information content (AvgIpc) is 2.37. The molecule has 1 aromatic carbocycles. The van der Waals surface area contributed by atoms with Crippen LogP contribution in [0.3, 0.4) is 0 Å². The van der Waals surface area contributed by atoms with Gasteiger partial charge in [0, 0.05) is 25.9 Å². The van der Waals surface area contributed by atoms with Gasteiger partial charge in [0.15, 0.2) is 0 Å². The summed E-state index contributed by atoms with van der Waals surface area (Å²) in [4.78, 5) is 13.8. The van der Waals surface area contributed by atoms with Gasteiger partial charge in [-0.3, -0.25) is 9.69 Å². The molecule has 4 heteroatoms. The van der Waals surface area contributed by atoms with E-state index in [9.17, 15) is 4.79 Å². The molecular weight excluding hydrogens is 266 g/mol. The molecule has 0 atom stereocenters. The van der Waals surface area contributed by atoms with Crippen LogP contribution < -0.4 is 4.90 Å². The minimum absolute atomic E-state index is 0.0933. The first-order chi connectivity index (χ1) is 9.31. The smallest absolute Gasteiger partial charge is 0.255 e. The van der Waals surface area contributed by atoms with E-state index >= 15 is 0 Å². The topological polar surface area (TPSA) is 29.5 Å². The summed E-state index contributed by atoms with van der Waals surface area (Å²) in [5.74, 6) is -0.0933. The van der Waals surface area contributed by atoms with E-state index in [1.54, 1.807) is 11.8 Å². The Bertz CT molecular complexity index is 451. The average molecular weight is 291 g/mol. The second-order valence-corrected chi connectivity index (χ2v) is 11.8. The van der Waals surface area contributed by atoms with E-state index in [1.807, 2.05) is 30.3 Å². The van der Waals surface area contributed by atoms with Crippen molar-refractivity contribution in [1.82, 2.24) is 0 Å². The number of nitrogens with zero attached hydrogens (tertiary/aromatic N) is 1. The number of carbonyl (C=O) groups is 1. The van der Waals surface area contributed by atoms with Crippen LogP contribution in [0.4, 0.5) is 5.69 Å². The molecule has 0 aromatic heterocycles. The van der Waals surface area contributed by atoms with E-state index in [-0.39, 0.29) is 12.6 Å². The number of ether oxygens (including phenoxy) is 1. The van der Waals surface area contributed by atoms with Crippen molar-refractivity contribution in [2.45, 2.75) is 32.6 Å². The highest BCUT2D eigenvalue weighted by atomic mass is 28.3. The van der Waals surface area contributed by atoms with Crippen molar-refractivity contribution in [3.8, 4) is 0 Å². The lowest BCUT2D eigenvalue weighted by Crippen LogP contribution is -2.34. The van der Waals surface area contributed by atoms with Crippen LogP contribution >= 0.6 is 0 Å². The lowest BCUT2D eigenvalue weighted by atomic mass is 10.2. The largest absolute Gasteiger partial charge is 0.361 e. The van der Waals surface area contributed by atoms with Gasteiger partial charge in [0.25, 0.3) is 5.91 Å². The van der Waals surface area contributed by atoms with Gasteiger partial charge in [-0.25, -0.2) is 0 Å². The molecule has 0 saturated heterocycles. The third kappa shape index (κ3) is 5.71. The van der Waals surface area contributed by atoms with E-state index in [2.05, 4.69) is 26.2 Å². The van der Waals surface area contributed by atoms with Crippen molar-refractivity contribution in [1.29, 1.82) is 0 Å². The molecule has 20 heavy (non-hydrogen) atoms. The quantitative estimate of drug-likeness (QED) is 0.330. The second-order valence-electron chi connectivity index (χ2n) is 6.20. The predicted octanol–water partition coefficient (Wildman–Crippen LogP) is 3.91. The maximum Gasteiger partial charge on any atom is 0.255 e. The molecule has 1 aromatic rings. The van der Waals surface area contributed by atoms with Gasteiger partial charge in [0.2, 0.25) is 0 Å². The molecule has 3 nitrogen and oxygen atoms in total. The van der Waals surface area contributed by atoms with Crippen molar-refractivity contribution in [2.75, 3.05) is 18.2 Å². The highest BCUT2D eigenvalue weighted by Crippen LogP contribution is 2.16. The molecule has 0 spiro atoms. The van der Waals surface area contributed by atoms with Crippen molar-refractivity contribution in [3.05, 3.63) is 42.5 Å². The Balaban J connectivity index is 2.66. The highest BCUT2D eigenvalue weighted by molar-refractivity contribution is 6.76. The Hall–Kier alpha value is -1.39. The fraction of sp³-hybridized carbons (Fsp3) is 0.438. The summed E-state index contributed by atoms with van der Waals surface area (Å²) in [6, 6.07) is 10.7. The Morgan fingerprint density at radius 3 is 2.35 bits per heavy atom. The number of para-hydroxylation sites is 1. The van der Waals surface area contributed by atoms with E-state index in [0.29, 0.717) is 12.2 Å². The summed E-state index contributed by atoms with van der Waals surface area (Å²) in [5, 5.41) is 0. The number of carbonyl (C=O) groups excluding carboxylic acids is 1. The third-order valence-electron chi connectivity index (χ3n) is 2.89. The van der Waals surface area contributed by atoms with Gasteiger partial charge in [0.1, 0.15) is 6.73 Å². The summed E-state index contributed by atoms with van der Waals surface area (Å²) >= 11 is 0. The van der Waals surface area contributed by atoms with Crippen LogP contribution in [0.1, 0.15) is 6.92 Å². The van der Waals surface area contributed by atoms with E-state index in [0.717, 1.165) is 11.7 Å². The standard InChI is InChI=1S/C16H25NO2Si/c1-14(2)16(18)17(15-9-7-6-8-10-15)13-19-11-12-20(3,4)5/h6-10H,1,11-13H2,2-5H3. The molecule has 0 heterocycles. The molecule has 0 radical (unpaired) electrons. The minimum atomic E-state index is -1.10. The van der Waals surface area contributed by atoms with Gasteiger partial charge < -0.3 is 4.74 Å². The first kappa shape index (κ1) is 16.7. The van der Waals surface area contributed by atoms with Crippen molar-refractivity contribution >= 4 is 19.7 Å². The molecule has 0 bridgehead atoms. The fourth-order valence-electron chi connectivity index (χ4n) is 1.62. The maximum atomic E-state index is 12.2. The first-order valence-corrected chi connectivity index (χ1v) is 10.6. The molecular formula is C16H25NO2Si. The van der Waals surface area contributed by atoms with Crippen LogP contribution in [0, 0.1) is 0 Å². The van der Waals surface area contributed by atoms with Crippen LogP contribution in [0.15, 0.2) is 42.5 Å². The minimum Gasteiger partial charge on any atom is -0.361 e. The Labute approximate surface area is 123 Å². The third-order valence-corrected chi connectivity index (χ3v) is 4.60. The molecule has 0 N–H and O–H groups in total. The van der Waals surface area contributed by atoms with Crippen molar-refractivity contribution in [2.24, 2.45) is 0 Å². The zero-order valence-electron chi connectivity index (χ0n) is 13.0. The Kier molecular flexibility index (Phi) is 6.17. The molecule has 0 fully saturated rings. The van der Waals surface area contributed by atoms with Gasteiger partial charge in [-0.05, 0) is 25.1 Å². The van der Waals surface area contributed by atoms with Gasteiger partial charge in [0.05, 0.1) is 0 Å². The van der Waals surface area contributed by atoms with Crippen LogP contribution in [0.2, 0.25) is 25.7 Å². The summed E-state index contributed by atoms with van der Waals surface area (Å²) in [5.41, 5.74) is 1.36. The number of rotatable bonds is 7. The number of benzene rings is 1. The zero-order chi connectivity index (χ0) is 15.2. The monoisotopic (exact) mass is 291 g/mol. The highest BCUT2D eigenvalue weighted by Gasteiger charge is 2.17. The van der Waals surface area contributed by atoms with Crippen LogP contribution in [-0.4, -0.2) is 27.3 Å². The van der Waals surface area contributed by atoms with E-state index in [4.69, 9.17) is 4.74 Å². The second kappa shape index (κ2) is 7.41. The van der Waals surface area contributed by atoms with Gasteiger partial charge >= 0.3 is 0 Å². The maximum absolute atomic E-state index is 12.2. The Morgan fingerprint density at radius 2 is 1.85 bits per heavy atom. The Morgan fingerprint density at radius 1 is 1.25 bits per heavy atom. The van der Waals surface area contributed by atoms with Gasteiger partial charge in [-0.2, -0.15) is 0 Å². The first-order valence-electron chi connectivity index (χ1n) is 6.91. The molecule has 0 aliphatic rings. The fourth-order valence-corrected chi connectivity index (χ4v) is 2.38. The van der Waals surface area contributed by atoms with E-state index in [1.165, 1.54) is 0 Å². The molecule has 0 saturated carbocycles. The van der Waals surface area contributed by atoms with Gasteiger partial charge in [-0.15, -0.1) is 0 Å². The number of hydrogen-bond donors (Lipinski definition) is 0. The summed E-state index contributed by atoms with van der Waals surface area (Å²) < 4.78 is 5.70. The van der Waals surface area contributed by atoms with Gasteiger partial charge in [-0.1, -0.05) is 44.4 Å². The summed E-state index contributed by atoms with van der Waals surface area (Å²) in [6.45, 7) is 13.4.